The predicted molar refractivity (Wildman–Crippen MR) is 126 cm³/mol. The van der Waals surface area contributed by atoms with Gasteiger partial charge in [-0.25, -0.2) is 9.78 Å². The molecule has 3 rings (SSSR count). The third-order valence-electron chi connectivity index (χ3n) is 5.12. The number of aryl methyl sites for hydroxylation is 1. The quantitative estimate of drug-likeness (QED) is 0.482. The highest BCUT2D eigenvalue weighted by atomic mass is 16.5. The van der Waals surface area contributed by atoms with Crippen LogP contribution < -0.4 is 20.7 Å². The smallest absolute Gasteiger partial charge is 0.332 e. The van der Waals surface area contributed by atoms with Crippen LogP contribution in [0.15, 0.2) is 27.8 Å². The number of hydrogen-bond donors (Lipinski definition) is 0. The van der Waals surface area contributed by atoms with Crippen molar-refractivity contribution in [2.75, 3.05) is 14.2 Å². The van der Waals surface area contributed by atoms with Crippen molar-refractivity contribution in [2.45, 2.75) is 46.3 Å². The van der Waals surface area contributed by atoms with Gasteiger partial charge in [0.2, 0.25) is 0 Å². The SMILES string of the molecule is C#CCn1c(C=Cc2ccc(OC)c(OC)c2)nc2c1c(=O)n(CCC)c(=O)n2CCC. The molecule has 0 aliphatic heterocycles. The Morgan fingerprint density at radius 1 is 1.00 bits per heavy atom. The first-order valence-corrected chi connectivity index (χ1v) is 10.6. The fourth-order valence-corrected chi connectivity index (χ4v) is 3.66. The highest BCUT2D eigenvalue weighted by Gasteiger charge is 2.20. The number of hydrogen-bond acceptors (Lipinski definition) is 5. The Hall–Kier alpha value is -3.73. The maximum Gasteiger partial charge on any atom is 0.332 e. The Morgan fingerprint density at radius 3 is 2.31 bits per heavy atom. The van der Waals surface area contributed by atoms with E-state index in [4.69, 9.17) is 15.9 Å². The van der Waals surface area contributed by atoms with Gasteiger partial charge in [0.1, 0.15) is 5.82 Å². The van der Waals surface area contributed by atoms with Gasteiger partial charge >= 0.3 is 5.69 Å². The minimum absolute atomic E-state index is 0.161. The molecule has 168 valence electrons. The molecule has 0 amide bonds. The number of terminal acetylenes is 1. The molecule has 8 nitrogen and oxygen atoms in total. The zero-order chi connectivity index (χ0) is 23.3. The van der Waals surface area contributed by atoms with Crippen LogP contribution >= 0.6 is 0 Å². The fourth-order valence-electron chi connectivity index (χ4n) is 3.66. The van der Waals surface area contributed by atoms with Crippen LogP contribution in [-0.2, 0) is 19.6 Å². The van der Waals surface area contributed by atoms with Crippen molar-refractivity contribution < 1.29 is 9.47 Å². The van der Waals surface area contributed by atoms with E-state index in [2.05, 4.69) is 10.9 Å². The minimum atomic E-state index is -0.368. The van der Waals surface area contributed by atoms with Crippen molar-refractivity contribution in [2.24, 2.45) is 0 Å². The molecule has 32 heavy (non-hydrogen) atoms. The van der Waals surface area contributed by atoms with Gasteiger partial charge in [-0.15, -0.1) is 6.42 Å². The van der Waals surface area contributed by atoms with Crippen LogP contribution in [0.25, 0.3) is 23.3 Å². The van der Waals surface area contributed by atoms with Crippen molar-refractivity contribution in [1.29, 1.82) is 0 Å². The first kappa shape index (κ1) is 22.9. The lowest BCUT2D eigenvalue weighted by atomic mass is 10.2. The van der Waals surface area contributed by atoms with E-state index in [0.29, 0.717) is 48.0 Å². The van der Waals surface area contributed by atoms with Crippen molar-refractivity contribution >= 4 is 23.3 Å². The summed E-state index contributed by atoms with van der Waals surface area (Å²) in [6.45, 7) is 4.87. The van der Waals surface area contributed by atoms with E-state index >= 15 is 0 Å². The third-order valence-corrected chi connectivity index (χ3v) is 5.12. The number of aromatic nitrogens is 4. The Labute approximate surface area is 186 Å². The van der Waals surface area contributed by atoms with Crippen LogP contribution in [0.2, 0.25) is 0 Å². The number of benzene rings is 1. The average molecular weight is 437 g/mol. The predicted octanol–water partition coefficient (Wildman–Crippen LogP) is 3.00. The van der Waals surface area contributed by atoms with Gasteiger partial charge in [0.05, 0.1) is 20.8 Å². The fraction of sp³-hybridized carbons (Fsp3) is 0.375. The Kier molecular flexibility index (Phi) is 7.21. The highest BCUT2D eigenvalue weighted by molar-refractivity contribution is 5.77. The topological polar surface area (TPSA) is 80.3 Å². The summed E-state index contributed by atoms with van der Waals surface area (Å²) >= 11 is 0. The van der Waals surface area contributed by atoms with Crippen LogP contribution in [0, 0.1) is 12.3 Å². The van der Waals surface area contributed by atoms with Crippen LogP contribution in [-0.4, -0.2) is 32.9 Å². The van der Waals surface area contributed by atoms with E-state index in [1.165, 1.54) is 4.57 Å². The second-order valence-electron chi connectivity index (χ2n) is 7.27. The van der Waals surface area contributed by atoms with Gasteiger partial charge in [-0.3, -0.25) is 13.9 Å². The molecule has 3 aromatic rings. The number of imidazole rings is 1. The van der Waals surface area contributed by atoms with E-state index in [1.54, 1.807) is 29.4 Å². The molecule has 0 radical (unpaired) electrons. The molecule has 0 bridgehead atoms. The lowest BCUT2D eigenvalue weighted by molar-refractivity contribution is 0.355. The Morgan fingerprint density at radius 2 is 1.69 bits per heavy atom. The van der Waals surface area contributed by atoms with Crippen LogP contribution in [0.3, 0.4) is 0 Å². The molecule has 0 fully saturated rings. The van der Waals surface area contributed by atoms with Gasteiger partial charge in [0.25, 0.3) is 5.56 Å². The zero-order valence-electron chi connectivity index (χ0n) is 18.9. The second kappa shape index (κ2) is 10.1. The molecule has 0 atom stereocenters. The molecule has 0 aliphatic carbocycles. The third kappa shape index (κ3) is 4.19. The molecule has 2 heterocycles. The lowest BCUT2D eigenvalue weighted by Gasteiger charge is -2.10. The highest BCUT2D eigenvalue weighted by Crippen LogP contribution is 2.28. The van der Waals surface area contributed by atoms with E-state index in [9.17, 15) is 9.59 Å². The second-order valence-corrected chi connectivity index (χ2v) is 7.27. The summed E-state index contributed by atoms with van der Waals surface area (Å²) in [5, 5.41) is 0. The molecule has 0 saturated heterocycles. The van der Waals surface area contributed by atoms with E-state index in [-0.39, 0.29) is 17.8 Å². The summed E-state index contributed by atoms with van der Waals surface area (Å²) in [5.74, 6) is 4.33. The van der Waals surface area contributed by atoms with Gasteiger partial charge in [0.15, 0.2) is 22.7 Å². The molecular formula is C24H28N4O4. The summed E-state index contributed by atoms with van der Waals surface area (Å²) in [6.07, 6.45) is 10.6. The largest absolute Gasteiger partial charge is 0.493 e. The number of ether oxygens (including phenoxy) is 2. The summed E-state index contributed by atoms with van der Waals surface area (Å²) < 4.78 is 15.2. The van der Waals surface area contributed by atoms with Crippen molar-refractivity contribution in [1.82, 2.24) is 18.7 Å². The van der Waals surface area contributed by atoms with Gasteiger partial charge in [-0.05, 0) is 36.6 Å². The summed E-state index contributed by atoms with van der Waals surface area (Å²) in [5.41, 5.74) is 0.851. The van der Waals surface area contributed by atoms with E-state index in [1.807, 2.05) is 38.1 Å². The summed E-state index contributed by atoms with van der Waals surface area (Å²) in [6, 6.07) is 5.53. The van der Waals surface area contributed by atoms with Crippen molar-refractivity contribution in [3.05, 3.63) is 50.4 Å². The van der Waals surface area contributed by atoms with Crippen molar-refractivity contribution in [3.8, 4) is 23.8 Å². The molecule has 0 N–H and O–H groups in total. The van der Waals surface area contributed by atoms with Gasteiger partial charge in [0, 0.05) is 13.1 Å². The van der Waals surface area contributed by atoms with Crippen LogP contribution in [0.5, 0.6) is 11.5 Å². The molecular weight excluding hydrogens is 408 g/mol. The maximum atomic E-state index is 13.2. The normalized spacial score (nSPS) is 11.2. The number of nitrogens with zero attached hydrogens (tertiary/aromatic N) is 4. The van der Waals surface area contributed by atoms with Crippen LogP contribution in [0.4, 0.5) is 0 Å². The lowest BCUT2D eigenvalue weighted by Crippen LogP contribution is -2.40. The number of methoxy groups -OCH3 is 2. The average Bonchev–Trinajstić information content (AvgIpc) is 3.16. The monoisotopic (exact) mass is 436 g/mol. The van der Waals surface area contributed by atoms with Gasteiger partial charge < -0.3 is 14.0 Å². The van der Waals surface area contributed by atoms with E-state index in [0.717, 1.165) is 12.0 Å². The molecule has 2 aromatic heterocycles. The van der Waals surface area contributed by atoms with Gasteiger partial charge in [-0.2, -0.15) is 0 Å². The van der Waals surface area contributed by atoms with Crippen LogP contribution in [0.1, 0.15) is 38.1 Å². The molecule has 1 aromatic carbocycles. The standard InChI is InChI=1S/C24H28N4O4/c1-6-13-26-20(12-10-17-9-11-18(31-4)19(16-17)32-5)25-22-21(26)23(29)28(15-8-3)24(30)27(22)14-7-2/h1,9-12,16H,7-8,13-15H2,2-5H3. The maximum absolute atomic E-state index is 13.2. The molecule has 0 unspecified atom stereocenters. The first-order valence-electron chi connectivity index (χ1n) is 10.6. The summed E-state index contributed by atoms with van der Waals surface area (Å²) in [7, 11) is 3.16. The molecule has 0 aliphatic rings. The first-order chi connectivity index (χ1) is 15.5. The Balaban J connectivity index is 2.23. The minimum Gasteiger partial charge on any atom is -0.493 e. The molecule has 8 heteroatoms. The van der Waals surface area contributed by atoms with Crippen molar-refractivity contribution in [3.63, 3.8) is 0 Å². The Bertz CT molecular complexity index is 1300. The van der Waals surface area contributed by atoms with Gasteiger partial charge in [-0.1, -0.05) is 31.9 Å². The number of rotatable bonds is 9. The van der Waals surface area contributed by atoms with E-state index < -0.39 is 0 Å². The molecule has 0 spiro atoms. The zero-order valence-corrected chi connectivity index (χ0v) is 18.9. The number of fused-ring (bicyclic) bond motifs is 1. The summed E-state index contributed by atoms with van der Waals surface area (Å²) in [4.78, 5) is 30.8. The molecule has 0 saturated carbocycles.